The van der Waals surface area contributed by atoms with Crippen molar-refractivity contribution in [1.29, 1.82) is 0 Å². The molecule has 1 aromatic rings. The molecule has 0 aromatic carbocycles. The molecule has 1 saturated heterocycles. The summed E-state index contributed by atoms with van der Waals surface area (Å²) in [7, 11) is 0. The summed E-state index contributed by atoms with van der Waals surface area (Å²) < 4.78 is 0. The van der Waals surface area contributed by atoms with Crippen LogP contribution in [0.5, 0.6) is 0 Å². The molecule has 0 atom stereocenters. The average Bonchev–Trinajstić information content (AvgIpc) is 2.87. The fourth-order valence-electron chi connectivity index (χ4n) is 3.81. The van der Waals surface area contributed by atoms with Crippen molar-refractivity contribution in [3.8, 4) is 0 Å². The van der Waals surface area contributed by atoms with Crippen molar-refractivity contribution >= 4 is 11.7 Å². The van der Waals surface area contributed by atoms with Crippen molar-refractivity contribution in [3.63, 3.8) is 0 Å². The van der Waals surface area contributed by atoms with Gasteiger partial charge in [0.1, 0.15) is 5.82 Å². The molecule has 1 aliphatic heterocycles. The predicted molar refractivity (Wildman–Crippen MR) is 91.3 cm³/mol. The number of amides is 1. The fraction of sp³-hybridized carbons (Fsp3) is 0.722. The maximum atomic E-state index is 12.5. The van der Waals surface area contributed by atoms with Crippen molar-refractivity contribution in [3.05, 3.63) is 18.6 Å². The van der Waals surface area contributed by atoms with Crippen molar-refractivity contribution in [2.45, 2.75) is 51.4 Å². The first-order valence-electron chi connectivity index (χ1n) is 9.11. The van der Waals surface area contributed by atoms with E-state index in [4.69, 9.17) is 0 Å². The molecule has 3 rings (SSSR count). The van der Waals surface area contributed by atoms with Gasteiger partial charge in [-0.15, -0.1) is 0 Å². The highest BCUT2D eigenvalue weighted by molar-refractivity contribution is 5.76. The van der Waals surface area contributed by atoms with E-state index >= 15 is 0 Å². The van der Waals surface area contributed by atoms with E-state index in [1.807, 2.05) is 0 Å². The van der Waals surface area contributed by atoms with Gasteiger partial charge >= 0.3 is 0 Å². The van der Waals surface area contributed by atoms with Gasteiger partial charge in [-0.05, 0) is 18.8 Å². The summed E-state index contributed by atoms with van der Waals surface area (Å²) >= 11 is 0. The third-order valence-corrected chi connectivity index (χ3v) is 5.21. The molecule has 126 valence electrons. The smallest absolute Gasteiger partial charge is 0.222 e. The van der Waals surface area contributed by atoms with Crippen LogP contribution in [0.2, 0.25) is 0 Å². The average molecular weight is 316 g/mol. The van der Waals surface area contributed by atoms with Crippen molar-refractivity contribution < 1.29 is 4.79 Å². The summed E-state index contributed by atoms with van der Waals surface area (Å²) in [5, 5.41) is 0. The molecule has 5 nitrogen and oxygen atoms in total. The van der Waals surface area contributed by atoms with Gasteiger partial charge in [0, 0.05) is 45.0 Å². The minimum atomic E-state index is 0.344. The Hall–Kier alpha value is -1.65. The first-order valence-corrected chi connectivity index (χ1v) is 9.11. The SMILES string of the molecule is O=C(CCC1CCCCC1)N1CCCN(c2cnccn2)CC1. The van der Waals surface area contributed by atoms with Crippen LogP contribution in [-0.4, -0.2) is 47.0 Å². The quantitative estimate of drug-likeness (QED) is 0.857. The van der Waals surface area contributed by atoms with Crippen LogP contribution >= 0.6 is 0 Å². The lowest BCUT2D eigenvalue weighted by atomic mass is 9.86. The second-order valence-electron chi connectivity index (χ2n) is 6.83. The van der Waals surface area contributed by atoms with Crippen LogP contribution in [-0.2, 0) is 4.79 Å². The first kappa shape index (κ1) is 16.2. The fourth-order valence-corrected chi connectivity index (χ4v) is 3.81. The van der Waals surface area contributed by atoms with E-state index in [0.29, 0.717) is 5.91 Å². The molecule has 1 aliphatic carbocycles. The van der Waals surface area contributed by atoms with E-state index in [2.05, 4.69) is 19.8 Å². The van der Waals surface area contributed by atoms with Crippen LogP contribution in [0.4, 0.5) is 5.82 Å². The zero-order valence-electron chi connectivity index (χ0n) is 14.0. The molecule has 0 unspecified atom stereocenters. The van der Waals surface area contributed by atoms with Gasteiger partial charge in [-0.25, -0.2) is 4.98 Å². The highest BCUT2D eigenvalue weighted by Crippen LogP contribution is 2.27. The van der Waals surface area contributed by atoms with Gasteiger partial charge in [-0.3, -0.25) is 9.78 Å². The molecular weight excluding hydrogens is 288 g/mol. The molecule has 1 amide bonds. The van der Waals surface area contributed by atoms with Crippen LogP contribution in [0.25, 0.3) is 0 Å². The highest BCUT2D eigenvalue weighted by Gasteiger charge is 2.21. The van der Waals surface area contributed by atoms with Crippen molar-refractivity contribution in [2.75, 3.05) is 31.1 Å². The van der Waals surface area contributed by atoms with E-state index in [1.165, 1.54) is 32.1 Å². The monoisotopic (exact) mass is 316 g/mol. The van der Waals surface area contributed by atoms with Crippen LogP contribution in [0, 0.1) is 5.92 Å². The third kappa shape index (κ3) is 4.66. The maximum Gasteiger partial charge on any atom is 0.222 e. The second kappa shape index (κ2) is 8.27. The summed E-state index contributed by atoms with van der Waals surface area (Å²) in [4.78, 5) is 25.3. The van der Waals surface area contributed by atoms with Crippen molar-refractivity contribution in [2.24, 2.45) is 5.92 Å². The number of carbonyl (C=O) groups is 1. The normalized spacial score (nSPS) is 20.3. The number of hydrogen-bond acceptors (Lipinski definition) is 4. The van der Waals surface area contributed by atoms with Crippen LogP contribution in [0.1, 0.15) is 51.4 Å². The zero-order chi connectivity index (χ0) is 15.9. The largest absolute Gasteiger partial charge is 0.354 e. The standard InChI is InChI=1S/C18H28N4O/c23-18(8-7-16-5-2-1-3-6-16)22-12-4-11-21(13-14-22)17-15-19-9-10-20-17/h9-10,15-16H,1-8,11-14H2. The Morgan fingerprint density at radius 2 is 1.91 bits per heavy atom. The molecule has 23 heavy (non-hydrogen) atoms. The Labute approximate surface area is 139 Å². The molecule has 1 aromatic heterocycles. The van der Waals surface area contributed by atoms with Gasteiger partial charge in [-0.2, -0.15) is 0 Å². The van der Waals surface area contributed by atoms with E-state index in [1.54, 1.807) is 18.6 Å². The van der Waals surface area contributed by atoms with Crippen molar-refractivity contribution in [1.82, 2.24) is 14.9 Å². The molecule has 0 radical (unpaired) electrons. The van der Waals surface area contributed by atoms with E-state index in [0.717, 1.165) is 57.2 Å². The number of rotatable bonds is 4. The Balaban J connectivity index is 1.46. The lowest BCUT2D eigenvalue weighted by Crippen LogP contribution is -2.35. The molecule has 0 spiro atoms. The topological polar surface area (TPSA) is 49.3 Å². The predicted octanol–water partition coefficient (Wildman–Crippen LogP) is 2.88. The summed E-state index contributed by atoms with van der Waals surface area (Å²) in [6.07, 6.45) is 14.8. The Kier molecular flexibility index (Phi) is 5.83. The molecule has 2 aliphatic rings. The lowest BCUT2D eigenvalue weighted by molar-refractivity contribution is -0.131. The number of aromatic nitrogens is 2. The Bertz CT molecular complexity index is 487. The van der Waals surface area contributed by atoms with Crippen LogP contribution < -0.4 is 4.90 Å². The minimum Gasteiger partial charge on any atom is -0.354 e. The highest BCUT2D eigenvalue weighted by atomic mass is 16.2. The summed E-state index contributed by atoms with van der Waals surface area (Å²) in [6, 6.07) is 0. The van der Waals surface area contributed by atoms with Gasteiger partial charge in [0.25, 0.3) is 0 Å². The minimum absolute atomic E-state index is 0.344. The van der Waals surface area contributed by atoms with Gasteiger partial charge < -0.3 is 9.80 Å². The van der Waals surface area contributed by atoms with Gasteiger partial charge in [0.15, 0.2) is 0 Å². The molecule has 0 N–H and O–H groups in total. The van der Waals surface area contributed by atoms with Crippen LogP contribution in [0.3, 0.4) is 0 Å². The number of nitrogens with zero attached hydrogens (tertiary/aromatic N) is 4. The van der Waals surface area contributed by atoms with Gasteiger partial charge in [0.05, 0.1) is 6.20 Å². The molecular formula is C18H28N4O. The number of hydrogen-bond donors (Lipinski definition) is 0. The van der Waals surface area contributed by atoms with E-state index in [-0.39, 0.29) is 0 Å². The van der Waals surface area contributed by atoms with E-state index < -0.39 is 0 Å². The second-order valence-corrected chi connectivity index (χ2v) is 6.83. The molecule has 2 heterocycles. The molecule has 2 fully saturated rings. The first-order chi connectivity index (χ1) is 11.3. The van der Waals surface area contributed by atoms with Crippen LogP contribution in [0.15, 0.2) is 18.6 Å². The maximum absolute atomic E-state index is 12.5. The van der Waals surface area contributed by atoms with E-state index in [9.17, 15) is 4.79 Å². The molecule has 1 saturated carbocycles. The summed E-state index contributed by atoms with van der Waals surface area (Å²) in [5.74, 6) is 2.05. The number of anilines is 1. The van der Waals surface area contributed by atoms with Gasteiger partial charge in [-0.1, -0.05) is 32.1 Å². The zero-order valence-corrected chi connectivity index (χ0v) is 14.0. The lowest BCUT2D eigenvalue weighted by Gasteiger charge is -2.24. The number of carbonyl (C=O) groups excluding carboxylic acids is 1. The molecule has 5 heteroatoms. The Morgan fingerprint density at radius 1 is 1.04 bits per heavy atom. The molecule has 0 bridgehead atoms. The summed E-state index contributed by atoms with van der Waals surface area (Å²) in [6.45, 7) is 3.49. The van der Waals surface area contributed by atoms with Gasteiger partial charge in [0.2, 0.25) is 5.91 Å². The Morgan fingerprint density at radius 3 is 2.70 bits per heavy atom. The third-order valence-electron chi connectivity index (χ3n) is 5.21. The summed E-state index contributed by atoms with van der Waals surface area (Å²) in [5.41, 5.74) is 0.